The molecule has 0 saturated heterocycles. The molecule has 0 aliphatic rings. The fourth-order valence-electron chi connectivity index (χ4n) is 1.50. The van der Waals surface area contributed by atoms with Crippen molar-refractivity contribution in [2.24, 2.45) is 0 Å². The first kappa shape index (κ1) is 15.5. The molecule has 2 aromatic rings. The van der Waals surface area contributed by atoms with Gasteiger partial charge in [0.25, 0.3) is 0 Å². The standard InChI is InChI=1S/C13H9Br2N3O3/c14-8-1-2-10(15)11(4-8)18-13(21)17-9-3-7(12(19)20)5-16-6-9/h1-6H,(H,19,20)(H2,17,18,21). The second-order valence-electron chi connectivity index (χ2n) is 3.97. The van der Waals surface area contributed by atoms with Crippen LogP contribution >= 0.6 is 31.9 Å². The van der Waals surface area contributed by atoms with Crippen molar-refractivity contribution in [2.45, 2.75) is 0 Å². The first-order chi connectivity index (χ1) is 9.95. The number of urea groups is 1. The van der Waals surface area contributed by atoms with Crippen LogP contribution in [0.25, 0.3) is 0 Å². The van der Waals surface area contributed by atoms with Gasteiger partial charge < -0.3 is 15.7 Å². The van der Waals surface area contributed by atoms with Gasteiger partial charge in [-0.15, -0.1) is 0 Å². The van der Waals surface area contributed by atoms with Crippen molar-refractivity contribution >= 4 is 55.2 Å². The van der Waals surface area contributed by atoms with Crippen molar-refractivity contribution in [1.82, 2.24) is 4.98 Å². The summed E-state index contributed by atoms with van der Waals surface area (Å²) in [5.41, 5.74) is 0.860. The minimum Gasteiger partial charge on any atom is -0.478 e. The van der Waals surface area contributed by atoms with E-state index in [0.717, 1.165) is 8.95 Å². The van der Waals surface area contributed by atoms with Gasteiger partial charge in [-0.25, -0.2) is 9.59 Å². The molecule has 1 aromatic heterocycles. The Morgan fingerprint density at radius 2 is 1.86 bits per heavy atom. The van der Waals surface area contributed by atoms with Crippen LogP contribution in [-0.2, 0) is 0 Å². The molecule has 1 aromatic carbocycles. The molecule has 108 valence electrons. The highest BCUT2D eigenvalue weighted by Gasteiger charge is 2.09. The van der Waals surface area contributed by atoms with Crippen molar-refractivity contribution in [3.05, 3.63) is 51.2 Å². The lowest BCUT2D eigenvalue weighted by Crippen LogP contribution is -2.20. The molecule has 0 radical (unpaired) electrons. The van der Waals surface area contributed by atoms with Crippen LogP contribution in [0, 0.1) is 0 Å². The number of halogens is 2. The van der Waals surface area contributed by atoms with Gasteiger partial charge in [0.15, 0.2) is 0 Å². The van der Waals surface area contributed by atoms with Gasteiger partial charge in [0.05, 0.1) is 23.1 Å². The molecule has 2 rings (SSSR count). The molecule has 8 heteroatoms. The Labute approximate surface area is 136 Å². The molecular formula is C13H9Br2N3O3. The largest absolute Gasteiger partial charge is 0.478 e. The minimum absolute atomic E-state index is 0.00330. The zero-order chi connectivity index (χ0) is 15.4. The maximum atomic E-state index is 11.9. The molecule has 0 bridgehead atoms. The third-order valence-electron chi connectivity index (χ3n) is 2.42. The first-order valence-electron chi connectivity index (χ1n) is 5.67. The Morgan fingerprint density at radius 3 is 2.57 bits per heavy atom. The molecule has 0 saturated carbocycles. The van der Waals surface area contributed by atoms with Gasteiger partial charge in [0.1, 0.15) is 0 Å². The Morgan fingerprint density at radius 1 is 1.10 bits per heavy atom. The van der Waals surface area contributed by atoms with E-state index in [1.54, 1.807) is 12.1 Å². The number of carboxylic acid groups (broad SMARTS) is 1. The number of aromatic nitrogens is 1. The quantitative estimate of drug-likeness (QED) is 0.709. The number of nitrogens with one attached hydrogen (secondary N) is 2. The van der Waals surface area contributed by atoms with Crippen LogP contribution in [0.15, 0.2) is 45.6 Å². The molecular weight excluding hydrogens is 406 g/mol. The van der Waals surface area contributed by atoms with Crippen LogP contribution in [0.2, 0.25) is 0 Å². The summed E-state index contributed by atoms with van der Waals surface area (Å²) in [6.45, 7) is 0. The lowest BCUT2D eigenvalue weighted by Gasteiger charge is -2.09. The molecule has 0 aliphatic carbocycles. The maximum Gasteiger partial charge on any atom is 0.337 e. The number of carboxylic acids is 1. The summed E-state index contributed by atoms with van der Waals surface area (Å²) in [4.78, 5) is 26.5. The van der Waals surface area contributed by atoms with Crippen molar-refractivity contribution in [2.75, 3.05) is 10.6 Å². The summed E-state index contributed by atoms with van der Waals surface area (Å²) in [5, 5.41) is 14.0. The summed E-state index contributed by atoms with van der Waals surface area (Å²) >= 11 is 6.63. The Balaban J connectivity index is 2.10. The van der Waals surface area contributed by atoms with E-state index in [0.29, 0.717) is 11.4 Å². The number of carbonyl (C=O) groups is 2. The highest BCUT2D eigenvalue weighted by Crippen LogP contribution is 2.26. The molecule has 1 heterocycles. The number of hydrogen-bond acceptors (Lipinski definition) is 3. The van der Waals surface area contributed by atoms with E-state index >= 15 is 0 Å². The Hall–Kier alpha value is -1.93. The van der Waals surface area contributed by atoms with Gasteiger partial charge in [-0.3, -0.25) is 4.98 Å². The summed E-state index contributed by atoms with van der Waals surface area (Å²) in [6, 6.07) is 6.17. The average molecular weight is 415 g/mol. The van der Waals surface area contributed by atoms with Gasteiger partial charge in [-0.05, 0) is 40.2 Å². The van der Waals surface area contributed by atoms with Crippen molar-refractivity contribution in [1.29, 1.82) is 0 Å². The third-order valence-corrected chi connectivity index (χ3v) is 3.60. The number of aromatic carboxylic acids is 1. The summed E-state index contributed by atoms with van der Waals surface area (Å²) in [7, 11) is 0. The van der Waals surface area contributed by atoms with E-state index in [1.807, 2.05) is 6.07 Å². The van der Waals surface area contributed by atoms with Crippen molar-refractivity contribution in [3.63, 3.8) is 0 Å². The fraction of sp³-hybridized carbons (Fsp3) is 0. The summed E-state index contributed by atoms with van der Waals surface area (Å²) in [6.07, 6.45) is 2.57. The van der Waals surface area contributed by atoms with Gasteiger partial charge >= 0.3 is 12.0 Å². The summed E-state index contributed by atoms with van der Waals surface area (Å²) in [5.74, 6) is -1.11. The highest BCUT2D eigenvalue weighted by atomic mass is 79.9. The zero-order valence-corrected chi connectivity index (χ0v) is 13.6. The van der Waals surface area contributed by atoms with E-state index in [9.17, 15) is 9.59 Å². The number of amides is 2. The number of rotatable bonds is 3. The van der Waals surface area contributed by atoms with E-state index in [-0.39, 0.29) is 5.56 Å². The number of pyridine rings is 1. The van der Waals surface area contributed by atoms with Gasteiger partial charge in [-0.2, -0.15) is 0 Å². The molecule has 2 amide bonds. The molecule has 3 N–H and O–H groups in total. The Bertz CT molecular complexity index is 707. The molecule has 0 atom stereocenters. The molecule has 6 nitrogen and oxygen atoms in total. The van der Waals surface area contributed by atoms with Crippen LogP contribution in [-0.4, -0.2) is 22.1 Å². The highest BCUT2D eigenvalue weighted by molar-refractivity contribution is 9.11. The normalized spacial score (nSPS) is 10.0. The lowest BCUT2D eigenvalue weighted by molar-refractivity contribution is 0.0696. The fourth-order valence-corrected chi connectivity index (χ4v) is 2.21. The van der Waals surface area contributed by atoms with Gasteiger partial charge in [0.2, 0.25) is 0 Å². The SMILES string of the molecule is O=C(Nc1cncc(C(=O)O)c1)Nc1cc(Br)ccc1Br. The van der Waals surface area contributed by atoms with Crippen LogP contribution in [0.4, 0.5) is 16.2 Å². The van der Waals surface area contributed by atoms with Crippen LogP contribution in [0.5, 0.6) is 0 Å². The van der Waals surface area contributed by atoms with Crippen molar-refractivity contribution in [3.8, 4) is 0 Å². The predicted octanol–water partition coefficient (Wildman–Crippen LogP) is 3.95. The second kappa shape index (κ2) is 6.68. The first-order valence-corrected chi connectivity index (χ1v) is 7.25. The lowest BCUT2D eigenvalue weighted by atomic mass is 10.2. The molecule has 0 unspecified atom stereocenters. The molecule has 0 aliphatic heterocycles. The topological polar surface area (TPSA) is 91.3 Å². The number of carbonyl (C=O) groups excluding carboxylic acids is 1. The number of benzene rings is 1. The average Bonchev–Trinajstić information content (AvgIpc) is 2.43. The molecule has 0 spiro atoms. The van der Waals surface area contributed by atoms with E-state index < -0.39 is 12.0 Å². The second-order valence-corrected chi connectivity index (χ2v) is 5.74. The van der Waals surface area contributed by atoms with Crippen LogP contribution in [0.3, 0.4) is 0 Å². The molecule has 21 heavy (non-hydrogen) atoms. The monoisotopic (exact) mass is 413 g/mol. The van der Waals surface area contributed by atoms with Crippen LogP contribution in [0.1, 0.15) is 10.4 Å². The number of anilines is 2. The van der Waals surface area contributed by atoms with E-state index in [1.165, 1.54) is 18.5 Å². The maximum absolute atomic E-state index is 11.9. The zero-order valence-electron chi connectivity index (χ0n) is 10.4. The van der Waals surface area contributed by atoms with Crippen molar-refractivity contribution < 1.29 is 14.7 Å². The smallest absolute Gasteiger partial charge is 0.337 e. The summed E-state index contributed by atoms with van der Waals surface area (Å²) < 4.78 is 1.54. The number of hydrogen-bond donors (Lipinski definition) is 3. The van der Waals surface area contributed by atoms with Gasteiger partial charge in [0, 0.05) is 15.1 Å². The van der Waals surface area contributed by atoms with Gasteiger partial charge in [-0.1, -0.05) is 15.9 Å². The van der Waals surface area contributed by atoms with E-state index in [4.69, 9.17) is 5.11 Å². The third kappa shape index (κ3) is 4.27. The Kier molecular flexibility index (Phi) is 4.92. The predicted molar refractivity (Wildman–Crippen MR) is 85.7 cm³/mol. The molecule has 0 fully saturated rings. The number of nitrogens with zero attached hydrogens (tertiary/aromatic N) is 1. The minimum atomic E-state index is -1.11. The van der Waals surface area contributed by atoms with Crippen LogP contribution < -0.4 is 10.6 Å². The van der Waals surface area contributed by atoms with E-state index in [2.05, 4.69) is 47.5 Å².